The van der Waals surface area contributed by atoms with Crippen LogP contribution in [0.1, 0.15) is 31.4 Å². The third-order valence-corrected chi connectivity index (χ3v) is 6.29. The summed E-state index contributed by atoms with van der Waals surface area (Å²) in [7, 11) is 1.62. The lowest BCUT2D eigenvalue weighted by molar-refractivity contribution is -0.128. The second kappa shape index (κ2) is 10.1. The van der Waals surface area contributed by atoms with Gasteiger partial charge in [-0.15, -0.1) is 0 Å². The van der Waals surface area contributed by atoms with Crippen LogP contribution in [0.25, 0.3) is 0 Å². The Morgan fingerprint density at radius 3 is 2.12 bits per heavy atom. The summed E-state index contributed by atoms with van der Waals surface area (Å²) in [4.78, 5) is 30.2. The lowest BCUT2D eigenvalue weighted by Gasteiger charge is -2.40. The second-order valence-corrected chi connectivity index (χ2v) is 8.56. The first-order chi connectivity index (χ1) is 15.5. The molecule has 2 aromatic rings. The Kier molecular flexibility index (Phi) is 7.07. The van der Waals surface area contributed by atoms with Crippen molar-refractivity contribution in [2.45, 2.75) is 37.9 Å². The topological polar surface area (TPSA) is 73.9 Å². The molecule has 1 saturated carbocycles. The number of nitrogens with zero attached hydrogens (tertiary/aromatic N) is 2. The van der Waals surface area contributed by atoms with Gasteiger partial charge in [-0.3, -0.25) is 19.4 Å². The SMILES string of the molecule is COc1ccc(NC(=O)[C@H](c2ccccc2)N2CCN([C@@H](C)C(=O)NC3CC3)CC2)cc1. The number of carbonyl (C=O) groups is 2. The average molecular weight is 437 g/mol. The molecule has 0 aromatic heterocycles. The molecule has 2 aromatic carbocycles. The van der Waals surface area contributed by atoms with Gasteiger partial charge in [0.2, 0.25) is 11.8 Å². The van der Waals surface area contributed by atoms with E-state index in [1.165, 1.54) is 0 Å². The van der Waals surface area contributed by atoms with Gasteiger partial charge in [0.15, 0.2) is 0 Å². The number of amides is 2. The van der Waals surface area contributed by atoms with Crippen molar-refractivity contribution in [1.29, 1.82) is 0 Å². The molecule has 1 aliphatic carbocycles. The number of anilines is 1. The quantitative estimate of drug-likeness (QED) is 0.666. The fourth-order valence-corrected chi connectivity index (χ4v) is 4.15. The van der Waals surface area contributed by atoms with E-state index in [2.05, 4.69) is 20.4 Å². The van der Waals surface area contributed by atoms with E-state index in [9.17, 15) is 9.59 Å². The van der Waals surface area contributed by atoms with Crippen LogP contribution in [-0.4, -0.2) is 67.0 Å². The minimum absolute atomic E-state index is 0.0608. The van der Waals surface area contributed by atoms with Crippen LogP contribution in [0.3, 0.4) is 0 Å². The first-order valence-corrected chi connectivity index (χ1v) is 11.3. The van der Waals surface area contributed by atoms with Crippen LogP contribution in [0, 0.1) is 0 Å². The number of rotatable bonds is 8. The highest BCUT2D eigenvalue weighted by atomic mass is 16.5. The Morgan fingerprint density at radius 1 is 0.906 bits per heavy atom. The molecule has 7 nitrogen and oxygen atoms in total. The van der Waals surface area contributed by atoms with Gasteiger partial charge in [0.25, 0.3) is 0 Å². The van der Waals surface area contributed by atoms with E-state index in [0.29, 0.717) is 6.04 Å². The molecule has 0 unspecified atom stereocenters. The van der Waals surface area contributed by atoms with Crippen molar-refractivity contribution in [2.24, 2.45) is 0 Å². The first kappa shape index (κ1) is 22.3. The van der Waals surface area contributed by atoms with Gasteiger partial charge in [0.1, 0.15) is 11.8 Å². The summed E-state index contributed by atoms with van der Waals surface area (Å²) in [5, 5.41) is 6.15. The van der Waals surface area contributed by atoms with Gasteiger partial charge in [0, 0.05) is 37.9 Å². The number of piperazine rings is 1. The normalized spacial score (nSPS) is 19.1. The van der Waals surface area contributed by atoms with E-state index in [-0.39, 0.29) is 17.9 Å². The maximum Gasteiger partial charge on any atom is 0.246 e. The average Bonchev–Trinajstić information content (AvgIpc) is 3.64. The number of hydrogen-bond acceptors (Lipinski definition) is 5. The molecule has 1 saturated heterocycles. The molecule has 2 N–H and O–H groups in total. The molecule has 1 aliphatic heterocycles. The number of hydrogen-bond donors (Lipinski definition) is 2. The Balaban J connectivity index is 1.42. The molecule has 170 valence electrons. The monoisotopic (exact) mass is 436 g/mol. The number of nitrogens with one attached hydrogen (secondary N) is 2. The highest BCUT2D eigenvalue weighted by Crippen LogP contribution is 2.26. The second-order valence-electron chi connectivity index (χ2n) is 8.56. The third-order valence-electron chi connectivity index (χ3n) is 6.29. The van der Waals surface area contributed by atoms with Gasteiger partial charge < -0.3 is 15.4 Å². The molecule has 1 heterocycles. The van der Waals surface area contributed by atoms with Crippen LogP contribution in [0.4, 0.5) is 5.69 Å². The highest BCUT2D eigenvalue weighted by molar-refractivity contribution is 5.95. The zero-order valence-electron chi connectivity index (χ0n) is 18.8. The van der Waals surface area contributed by atoms with Gasteiger partial charge in [0.05, 0.1) is 13.2 Å². The van der Waals surface area contributed by atoms with Gasteiger partial charge in [-0.2, -0.15) is 0 Å². The maximum atomic E-state index is 13.4. The Morgan fingerprint density at radius 2 is 1.53 bits per heavy atom. The lowest BCUT2D eigenvalue weighted by Crippen LogP contribution is -2.55. The molecule has 2 aliphatic rings. The minimum atomic E-state index is -0.393. The van der Waals surface area contributed by atoms with Crippen molar-refractivity contribution in [3.05, 3.63) is 60.2 Å². The molecule has 2 atom stereocenters. The van der Waals surface area contributed by atoms with E-state index < -0.39 is 6.04 Å². The number of methoxy groups -OCH3 is 1. The molecule has 0 spiro atoms. The van der Waals surface area contributed by atoms with E-state index in [0.717, 1.165) is 56.0 Å². The fourth-order valence-electron chi connectivity index (χ4n) is 4.15. The Labute approximate surface area is 189 Å². The summed E-state index contributed by atoms with van der Waals surface area (Å²) in [6.07, 6.45) is 2.18. The lowest BCUT2D eigenvalue weighted by atomic mass is 10.0. The van der Waals surface area contributed by atoms with Crippen LogP contribution in [-0.2, 0) is 9.59 Å². The molecule has 32 heavy (non-hydrogen) atoms. The first-order valence-electron chi connectivity index (χ1n) is 11.3. The van der Waals surface area contributed by atoms with Crippen LogP contribution >= 0.6 is 0 Å². The molecule has 0 radical (unpaired) electrons. The van der Waals surface area contributed by atoms with Crippen molar-refractivity contribution < 1.29 is 14.3 Å². The fraction of sp³-hybridized carbons (Fsp3) is 0.440. The van der Waals surface area contributed by atoms with E-state index in [1.54, 1.807) is 7.11 Å². The van der Waals surface area contributed by atoms with E-state index in [4.69, 9.17) is 4.74 Å². The predicted octanol–water partition coefficient (Wildman–Crippen LogP) is 2.66. The van der Waals surface area contributed by atoms with Crippen molar-refractivity contribution >= 4 is 17.5 Å². The smallest absolute Gasteiger partial charge is 0.246 e. The van der Waals surface area contributed by atoms with Crippen molar-refractivity contribution in [3.63, 3.8) is 0 Å². The molecular formula is C25H32N4O3. The van der Waals surface area contributed by atoms with Crippen LogP contribution < -0.4 is 15.4 Å². The largest absolute Gasteiger partial charge is 0.497 e. The van der Waals surface area contributed by atoms with E-state index in [1.807, 2.05) is 61.5 Å². The van der Waals surface area contributed by atoms with Crippen LogP contribution in [0.15, 0.2) is 54.6 Å². The minimum Gasteiger partial charge on any atom is -0.497 e. The number of benzene rings is 2. The predicted molar refractivity (Wildman–Crippen MR) is 125 cm³/mol. The van der Waals surface area contributed by atoms with Crippen LogP contribution in [0.2, 0.25) is 0 Å². The molecule has 2 amide bonds. The third kappa shape index (κ3) is 5.47. The molecule has 2 fully saturated rings. The Hall–Kier alpha value is -2.90. The summed E-state index contributed by atoms with van der Waals surface area (Å²) in [5.41, 5.74) is 1.70. The van der Waals surface area contributed by atoms with Gasteiger partial charge >= 0.3 is 0 Å². The molecule has 4 rings (SSSR count). The summed E-state index contributed by atoms with van der Waals surface area (Å²) in [6, 6.07) is 17.1. The highest BCUT2D eigenvalue weighted by Gasteiger charge is 2.34. The van der Waals surface area contributed by atoms with Crippen molar-refractivity contribution in [1.82, 2.24) is 15.1 Å². The zero-order valence-corrected chi connectivity index (χ0v) is 18.8. The standard InChI is InChI=1S/C25H32N4O3/c1-18(24(30)26-20-8-9-20)28-14-16-29(17-15-28)23(19-6-4-3-5-7-19)25(31)27-21-10-12-22(32-2)13-11-21/h3-7,10-13,18,20,23H,8-9,14-17H2,1-2H3,(H,26,30)(H,27,31)/t18-,23-/m0/s1. The molecule has 7 heteroatoms. The summed E-state index contributed by atoms with van der Waals surface area (Å²) in [5.74, 6) is 0.797. The maximum absolute atomic E-state index is 13.4. The summed E-state index contributed by atoms with van der Waals surface area (Å²) < 4.78 is 5.20. The molecular weight excluding hydrogens is 404 g/mol. The summed E-state index contributed by atoms with van der Waals surface area (Å²) >= 11 is 0. The van der Waals surface area contributed by atoms with Gasteiger partial charge in [-0.1, -0.05) is 30.3 Å². The number of carbonyl (C=O) groups excluding carboxylic acids is 2. The number of ether oxygens (including phenoxy) is 1. The van der Waals surface area contributed by atoms with Gasteiger partial charge in [-0.05, 0) is 49.6 Å². The van der Waals surface area contributed by atoms with Gasteiger partial charge in [-0.25, -0.2) is 0 Å². The zero-order chi connectivity index (χ0) is 22.5. The van der Waals surface area contributed by atoms with Crippen molar-refractivity contribution in [3.8, 4) is 5.75 Å². The van der Waals surface area contributed by atoms with E-state index >= 15 is 0 Å². The molecule has 0 bridgehead atoms. The summed E-state index contributed by atoms with van der Waals surface area (Å²) in [6.45, 7) is 4.91. The van der Waals surface area contributed by atoms with Crippen molar-refractivity contribution in [2.75, 3.05) is 38.6 Å². The Bertz CT molecular complexity index is 907. The van der Waals surface area contributed by atoms with Crippen LogP contribution in [0.5, 0.6) is 5.75 Å².